The van der Waals surface area contributed by atoms with E-state index >= 15 is 0 Å². The highest BCUT2D eigenvalue weighted by Gasteiger charge is 2.19. The fourth-order valence-corrected chi connectivity index (χ4v) is 4.29. The molecule has 0 radical (unpaired) electrons. The average molecular weight is 447 g/mol. The Balaban J connectivity index is 1.53. The first kappa shape index (κ1) is 22.6. The van der Waals surface area contributed by atoms with Crippen LogP contribution in [0.25, 0.3) is 10.8 Å². The molecule has 2 amide bonds. The molecule has 2 N–H and O–H groups in total. The van der Waals surface area contributed by atoms with E-state index in [1.54, 1.807) is 25.3 Å². The third kappa shape index (κ3) is 5.83. The number of rotatable bonds is 7. The van der Waals surface area contributed by atoms with Crippen LogP contribution in [-0.2, 0) is 4.79 Å². The fraction of sp³-hybridized carbons (Fsp3) is 0.333. The SMILES string of the molecule is COc1ccccc1NC(=O)c1cc2ccccc2cc1OCC(=O)NC1CCCCCC1. The topological polar surface area (TPSA) is 76.7 Å². The second-order valence-electron chi connectivity index (χ2n) is 8.39. The van der Waals surface area contributed by atoms with E-state index in [0.717, 1.165) is 36.5 Å². The van der Waals surface area contributed by atoms with Gasteiger partial charge < -0.3 is 20.1 Å². The molecule has 0 heterocycles. The monoisotopic (exact) mass is 446 g/mol. The van der Waals surface area contributed by atoms with E-state index in [4.69, 9.17) is 9.47 Å². The van der Waals surface area contributed by atoms with Crippen LogP contribution in [0.5, 0.6) is 11.5 Å². The Hall–Kier alpha value is -3.54. The van der Waals surface area contributed by atoms with Crippen molar-refractivity contribution < 1.29 is 19.1 Å². The van der Waals surface area contributed by atoms with Gasteiger partial charge in [-0.25, -0.2) is 0 Å². The first-order valence-corrected chi connectivity index (χ1v) is 11.5. The van der Waals surface area contributed by atoms with Crippen LogP contribution in [0.1, 0.15) is 48.9 Å². The van der Waals surface area contributed by atoms with Crippen molar-refractivity contribution in [1.82, 2.24) is 5.32 Å². The predicted octanol–water partition coefficient (Wildman–Crippen LogP) is 5.32. The molecule has 4 rings (SSSR count). The summed E-state index contributed by atoms with van der Waals surface area (Å²) in [5.74, 6) is 0.449. The minimum absolute atomic E-state index is 0.135. The highest BCUT2D eigenvalue weighted by molar-refractivity contribution is 6.09. The van der Waals surface area contributed by atoms with Gasteiger partial charge in [0.15, 0.2) is 6.61 Å². The molecule has 0 spiro atoms. The number of carbonyl (C=O) groups excluding carboxylic acids is 2. The summed E-state index contributed by atoms with van der Waals surface area (Å²) in [6.45, 7) is -0.135. The zero-order valence-electron chi connectivity index (χ0n) is 18.9. The van der Waals surface area contributed by atoms with Crippen LogP contribution < -0.4 is 20.1 Å². The minimum Gasteiger partial charge on any atom is -0.495 e. The summed E-state index contributed by atoms with van der Waals surface area (Å²) in [5, 5.41) is 7.84. The van der Waals surface area contributed by atoms with E-state index in [2.05, 4.69) is 10.6 Å². The van der Waals surface area contributed by atoms with Crippen LogP contribution in [0.4, 0.5) is 5.69 Å². The first-order chi connectivity index (χ1) is 16.1. The molecule has 0 aromatic heterocycles. The Morgan fingerprint density at radius 1 is 0.879 bits per heavy atom. The van der Waals surface area contributed by atoms with Crippen molar-refractivity contribution in [3.8, 4) is 11.5 Å². The highest BCUT2D eigenvalue weighted by atomic mass is 16.5. The number of benzene rings is 3. The van der Waals surface area contributed by atoms with E-state index in [1.807, 2.05) is 42.5 Å². The molecule has 3 aromatic carbocycles. The number of carbonyl (C=O) groups is 2. The molecule has 1 aliphatic rings. The molecule has 6 nitrogen and oxygen atoms in total. The quantitative estimate of drug-likeness (QED) is 0.482. The minimum atomic E-state index is -0.329. The number of ether oxygens (including phenoxy) is 2. The van der Waals surface area contributed by atoms with Gasteiger partial charge in [0.05, 0.1) is 18.4 Å². The molecular weight excluding hydrogens is 416 g/mol. The average Bonchev–Trinajstić information content (AvgIpc) is 3.11. The number of para-hydroxylation sites is 2. The Morgan fingerprint density at radius 3 is 2.27 bits per heavy atom. The number of amides is 2. The summed E-state index contributed by atoms with van der Waals surface area (Å²) in [5.41, 5.74) is 0.928. The standard InChI is InChI=1S/C27H30N2O4/c1-32-24-15-9-8-14-23(24)29-27(31)22-16-19-10-6-7-11-20(19)17-25(22)33-18-26(30)28-21-12-4-2-3-5-13-21/h6-11,14-17,21H,2-5,12-13,18H2,1H3,(H,28,30)(H,29,31). The van der Waals surface area contributed by atoms with Crippen molar-refractivity contribution in [2.75, 3.05) is 19.0 Å². The van der Waals surface area contributed by atoms with Gasteiger partial charge in [-0.15, -0.1) is 0 Å². The van der Waals surface area contributed by atoms with Crippen molar-refractivity contribution in [3.63, 3.8) is 0 Å². The maximum Gasteiger partial charge on any atom is 0.259 e. The van der Waals surface area contributed by atoms with Crippen LogP contribution in [0.2, 0.25) is 0 Å². The molecule has 3 aromatic rings. The first-order valence-electron chi connectivity index (χ1n) is 11.5. The van der Waals surface area contributed by atoms with E-state index < -0.39 is 0 Å². The molecule has 1 saturated carbocycles. The molecule has 0 bridgehead atoms. The van der Waals surface area contributed by atoms with Gasteiger partial charge in [-0.05, 0) is 47.9 Å². The van der Waals surface area contributed by atoms with Crippen LogP contribution >= 0.6 is 0 Å². The predicted molar refractivity (Wildman–Crippen MR) is 130 cm³/mol. The van der Waals surface area contributed by atoms with E-state index in [-0.39, 0.29) is 24.5 Å². The number of anilines is 1. The normalized spacial score (nSPS) is 14.3. The maximum atomic E-state index is 13.2. The van der Waals surface area contributed by atoms with Crippen LogP contribution in [0.15, 0.2) is 60.7 Å². The number of methoxy groups -OCH3 is 1. The Morgan fingerprint density at radius 2 is 1.55 bits per heavy atom. The van der Waals surface area contributed by atoms with Gasteiger partial charge in [-0.2, -0.15) is 0 Å². The lowest BCUT2D eigenvalue weighted by Gasteiger charge is -2.18. The molecular formula is C27H30N2O4. The fourth-order valence-electron chi connectivity index (χ4n) is 4.29. The number of hydrogen-bond donors (Lipinski definition) is 2. The van der Waals surface area contributed by atoms with Gasteiger partial charge in [0.1, 0.15) is 11.5 Å². The van der Waals surface area contributed by atoms with Crippen molar-refractivity contribution >= 4 is 28.3 Å². The summed E-state index contributed by atoms with van der Waals surface area (Å²) < 4.78 is 11.2. The Labute approximate surface area is 194 Å². The lowest BCUT2D eigenvalue weighted by molar-refractivity contribution is -0.123. The van der Waals surface area contributed by atoms with E-state index in [9.17, 15) is 9.59 Å². The molecule has 1 aliphatic carbocycles. The number of hydrogen-bond acceptors (Lipinski definition) is 4. The third-order valence-corrected chi connectivity index (χ3v) is 6.03. The summed E-state index contributed by atoms with van der Waals surface area (Å²) in [7, 11) is 1.56. The maximum absolute atomic E-state index is 13.2. The van der Waals surface area contributed by atoms with Crippen molar-refractivity contribution in [3.05, 3.63) is 66.2 Å². The van der Waals surface area contributed by atoms with Crippen molar-refractivity contribution in [1.29, 1.82) is 0 Å². The summed E-state index contributed by atoms with van der Waals surface area (Å²) in [6, 6.07) is 18.8. The van der Waals surface area contributed by atoms with Crippen LogP contribution in [-0.4, -0.2) is 31.6 Å². The largest absolute Gasteiger partial charge is 0.495 e. The van der Waals surface area contributed by atoms with Gasteiger partial charge in [-0.3, -0.25) is 9.59 Å². The highest BCUT2D eigenvalue weighted by Crippen LogP contribution is 2.29. The molecule has 6 heteroatoms. The van der Waals surface area contributed by atoms with Gasteiger partial charge >= 0.3 is 0 Å². The molecule has 0 atom stereocenters. The van der Waals surface area contributed by atoms with Gasteiger partial charge in [0, 0.05) is 6.04 Å². The Kier molecular flexibility index (Phi) is 7.45. The molecule has 0 saturated heterocycles. The Bertz CT molecular complexity index is 1120. The summed E-state index contributed by atoms with van der Waals surface area (Å²) in [6.07, 6.45) is 6.76. The second kappa shape index (κ2) is 10.9. The smallest absolute Gasteiger partial charge is 0.259 e. The molecule has 0 aliphatic heterocycles. The third-order valence-electron chi connectivity index (χ3n) is 6.03. The molecule has 172 valence electrons. The molecule has 0 unspecified atom stereocenters. The second-order valence-corrected chi connectivity index (χ2v) is 8.39. The molecule has 33 heavy (non-hydrogen) atoms. The van der Waals surface area contributed by atoms with Crippen molar-refractivity contribution in [2.45, 2.75) is 44.6 Å². The zero-order chi connectivity index (χ0) is 23.0. The summed E-state index contributed by atoms with van der Waals surface area (Å²) >= 11 is 0. The van der Waals surface area contributed by atoms with Gasteiger partial charge in [0.25, 0.3) is 11.8 Å². The van der Waals surface area contributed by atoms with Crippen molar-refractivity contribution in [2.24, 2.45) is 0 Å². The van der Waals surface area contributed by atoms with E-state index in [1.165, 1.54) is 12.8 Å². The number of fused-ring (bicyclic) bond motifs is 1. The number of nitrogens with one attached hydrogen (secondary N) is 2. The molecule has 1 fully saturated rings. The van der Waals surface area contributed by atoms with Crippen LogP contribution in [0, 0.1) is 0 Å². The van der Waals surface area contributed by atoms with Crippen LogP contribution in [0.3, 0.4) is 0 Å². The lowest BCUT2D eigenvalue weighted by atomic mass is 10.0. The summed E-state index contributed by atoms with van der Waals surface area (Å²) in [4.78, 5) is 25.8. The van der Waals surface area contributed by atoms with Gasteiger partial charge in [0.2, 0.25) is 0 Å². The van der Waals surface area contributed by atoms with E-state index in [0.29, 0.717) is 22.7 Å². The lowest BCUT2D eigenvalue weighted by Crippen LogP contribution is -2.37. The zero-order valence-corrected chi connectivity index (χ0v) is 18.9. The van der Waals surface area contributed by atoms with Gasteiger partial charge in [-0.1, -0.05) is 62.1 Å².